The molecule has 0 unspecified atom stereocenters. The van der Waals surface area contributed by atoms with Gasteiger partial charge in [0.1, 0.15) is 0 Å². The molecule has 1 aliphatic rings. The first-order valence-corrected chi connectivity index (χ1v) is 5.68. The van der Waals surface area contributed by atoms with Crippen LogP contribution >= 0.6 is 0 Å². The quantitative estimate of drug-likeness (QED) is 0.648. The van der Waals surface area contributed by atoms with Crippen molar-refractivity contribution in [3.63, 3.8) is 0 Å². The number of ether oxygens (including phenoxy) is 1. The first-order valence-electron chi connectivity index (χ1n) is 5.68. The van der Waals surface area contributed by atoms with E-state index in [2.05, 4.69) is 6.92 Å². The van der Waals surface area contributed by atoms with Gasteiger partial charge in [0.25, 0.3) is 0 Å². The van der Waals surface area contributed by atoms with Crippen molar-refractivity contribution in [2.24, 2.45) is 0 Å². The molecule has 1 rings (SSSR count). The molecule has 14 heavy (non-hydrogen) atoms. The Labute approximate surface area is 87.1 Å². The number of unbranched alkanes of at least 4 members (excludes halogenated alkanes) is 2. The van der Waals surface area contributed by atoms with Crippen LogP contribution in [0, 0.1) is 0 Å². The van der Waals surface area contributed by atoms with Gasteiger partial charge in [-0.1, -0.05) is 19.8 Å². The normalized spacial score (nSPS) is 15.6. The monoisotopic (exact) mass is 204 g/mol. The zero-order valence-electron chi connectivity index (χ0n) is 9.24. The van der Waals surface area contributed by atoms with E-state index >= 15 is 0 Å². The van der Waals surface area contributed by atoms with Gasteiger partial charge in [0.2, 0.25) is 0 Å². The fourth-order valence-corrected chi connectivity index (χ4v) is 1.14. The molecule has 3 nitrogen and oxygen atoms in total. The molecule has 1 aliphatic carbocycles. The van der Waals surface area contributed by atoms with E-state index < -0.39 is 0 Å². The lowest BCUT2D eigenvalue weighted by molar-refractivity contribution is 0.000750. The third-order valence-electron chi connectivity index (χ3n) is 2.25. The van der Waals surface area contributed by atoms with E-state index in [1.54, 1.807) is 0 Å². The predicted octanol–water partition coefficient (Wildman–Crippen LogP) is 1.72. The summed E-state index contributed by atoms with van der Waals surface area (Å²) in [6.07, 6.45) is 8.53. The topological polar surface area (TPSA) is 49.7 Å². The Kier molecular flexibility index (Phi) is 10.9. The molecule has 0 aromatic carbocycles. The largest absolute Gasteiger partial charge is 0.394 e. The standard InChI is InChI=1S/C9H18O.C2H6O2/c1-2-3-4-8-10-9-6-5-7-9;3-1-2-4/h9H,2-8H2,1H3;3-4H,1-2H2. The Morgan fingerprint density at radius 1 is 1.14 bits per heavy atom. The van der Waals surface area contributed by atoms with Crippen molar-refractivity contribution in [3.05, 3.63) is 0 Å². The molecule has 2 N–H and O–H groups in total. The molecule has 86 valence electrons. The maximum Gasteiger partial charge on any atom is 0.0662 e. The van der Waals surface area contributed by atoms with Gasteiger partial charge in [0.15, 0.2) is 0 Å². The molecule has 0 aromatic heterocycles. The third-order valence-corrected chi connectivity index (χ3v) is 2.25. The summed E-state index contributed by atoms with van der Waals surface area (Å²) in [5.41, 5.74) is 0. The highest BCUT2D eigenvalue weighted by Crippen LogP contribution is 2.21. The van der Waals surface area contributed by atoms with Gasteiger partial charge in [0.05, 0.1) is 19.3 Å². The molecule has 0 heterocycles. The smallest absolute Gasteiger partial charge is 0.0662 e. The maximum atomic E-state index is 7.62. The van der Waals surface area contributed by atoms with Crippen molar-refractivity contribution in [3.8, 4) is 0 Å². The molecule has 0 radical (unpaired) electrons. The van der Waals surface area contributed by atoms with Gasteiger partial charge in [-0.25, -0.2) is 0 Å². The zero-order valence-corrected chi connectivity index (χ0v) is 9.24. The fourth-order valence-electron chi connectivity index (χ4n) is 1.14. The van der Waals surface area contributed by atoms with Crippen LogP contribution in [0.25, 0.3) is 0 Å². The van der Waals surface area contributed by atoms with Crippen LogP contribution in [0.4, 0.5) is 0 Å². The summed E-state index contributed by atoms with van der Waals surface area (Å²) in [5.74, 6) is 0. The summed E-state index contributed by atoms with van der Waals surface area (Å²) < 4.78 is 5.58. The minimum Gasteiger partial charge on any atom is -0.394 e. The van der Waals surface area contributed by atoms with Gasteiger partial charge >= 0.3 is 0 Å². The lowest BCUT2D eigenvalue weighted by atomic mass is 9.96. The Bertz CT molecular complexity index is 101. The van der Waals surface area contributed by atoms with E-state index in [1.807, 2.05) is 0 Å². The van der Waals surface area contributed by atoms with Crippen molar-refractivity contribution in [2.75, 3.05) is 19.8 Å². The van der Waals surface area contributed by atoms with Crippen LogP contribution in [0.15, 0.2) is 0 Å². The van der Waals surface area contributed by atoms with Crippen LogP contribution in [0.2, 0.25) is 0 Å². The molecule has 0 aliphatic heterocycles. The van der Waals surface area contributed by atoms with Crippen LogP contribution < -0.4 is 0 Å². The molecule has 0 spiro atoms. The van der Waals surface area contributed by atoms with Gasteiger partial charge in [-0.2, -0.15) is 0 Å². The number of hydrogen-bond acceptors (Lipinski definition) is 3. The summed E-state index contributed by atoms with van der Waals surface area (Å²) >= 11 is 0. The van der Waals surface area contributed by atoms with E-state index in [4.69, 9.17) is 14.9 Å². The van der Waals surface area contributed by atoms with Crippen LogP contribution in [0.1, 0.15) is 45.4 Å². The number of aliphatic hydroxyl groups is 2. The van der Waals surface area contributed by atoms with Crippen molar-refractivity contribution in [1.82, 2.24) is 0 Å². The first-order chi connectivity index (χ1) is 6.85. The number of aliphatic hydroxyl groups excluding tert-OH is 2. The van der Waals surface area contributed by atoms with Crippen molar-refractivity contribution < 1.29 is 14.9 Å². The Morgan fingerprint density at radius 2 is 1.79 bits per heavy atom. The molecule has 0 bridgehead atoms. The van der Waals surface area contributed by atoms with Crippen LogP contribution in [0.5, 0.6) is 0 Å². The van der Waals surface area contributed by atoms with Gasteiger partial charge in [-0.15, -0.1) is 0 Å². The summed E-state index contributed by atoms with van der Waals surface area (Å²) in [4.78, 5) is 0. The molecular weight excluding hydrogens is 180 g/mol. The average molecular weight is 204 g/mol. The van der Waals surface area contributed by atoms with Gasteiger partial charge in [0, 0.05) is 6.61 Å². The zero-order chi connectivity index (χ0) is 10.6. The highest BCUT2D eigenvalue weighted by atomic mass is 16.5. The predicted molar refractivity (Wildman–Crippen MR) is 57.3 cm³/mol. The van der Waals surface area contributed by atoms with Crippen molar-refractivity contribution in [1.29, 1.82) is 0 Å². The molecule has 0 amide bonds. The van der Waals surface area contributed by atoms with Crippen LogP contribution in [0.3, 0.4) is 0 Å². The first kappa shape index (κ1) is 13.9. The number of hydrogen-bond donors (Lipinski definition) is 2. The van der Waals surface area contributed by atoms with E-state index in [0.29, 0.717) is 6.10 Å². The molecule has 0 aromatic rings. The van der Waals surface area contributed by atoms with Crippen LogP contribution in [-0.2, 0) is 4.74 Å². The molecule has 3 heteroatoms. The SMILES string of the molecule is CCCCCOC1CCC1.OCCO. The summed E-state index contributed by atoms with van der Waals surface area (Å²) in [7, 11) is 0. The Morgan fingerprint density at radius 3 is 2.14 bits per heavy atom. The van der Waals surface area contributed by atoms with Crippen LogP contribution in [-0.4, -0.2) is 36.1 Å². The molecule has 1 fully saturated rings. The summed E-state index contributed by atoms with van der Waals surface area (Å²) in [5, 5.41) is 15.2. The van der Waals surface area contributed by atoms with Crippen molar-refractivity contribution in [2.45, 2.75) is 51.6 Å². The lowest BCUT2D eigenvalue weighted by Crippen LogP contribution is -2.21. The van der Waals surface area contributed by atoms with E-state index in [-0.39, 0.29) is 13.2 Å². The lowest BCUT2D eigenvalue weighted by Gasteiger charge is -2.25. The van der Waals surface area contributed by atoms with E-state index in [1.165, 1.54) is 38.5 Å². The minimum absolute atomic E-state index is 0.125. The molecular formula is C11H24O3. The second-order valence-corrected chi connectivity index (χ2v) is 3.58. The molecule has 1 saturated carbocycles. The van der Waals surface area contributed by atoms with E-state index in [9.17, 15) is 0 Å². The Hall–Kier alpha value is -0.120. The number of rotatable bonds is 6. The molecule has 0 saturated heterocycles. The Balaban J connectivity index is 0.000000364. The van der Waals surface area contributed by atoms with E-state index in [0.717, 1.165) is 6.61 Å². The summed E-state index contributed by atoms with van der Waals surface area (Å²) in [6.45, 7) is 2.97. The van der Waals surface area contributed by atoms with Gasteiger partial charge in [-0.3, -0.25) is 0 Å². The highest BCUT2D eigenvalue weighted by Gasteiger charge is 2.16. The fraction of sp³-hybridized carbons (Fsp3) is 1.00. The second kappa shape index (κ2) is 11.0. The van der Waals surface area contributed by atoms with Gasteiger partial charge < -0.3 is 14.9 Å². The maximum absolute atomic E-state index is 7.62. The summed E-state index contributed by atoms with van der Waals surface area (Å²) in [6, 6.07) is 0. The minimum atomic E-state index is -0.125. The van der Waals surface area contributed by atoms with Gasteiger partial charge in [-0.05, 0) is 25.7 Å². The van der Waals surface area contributed by atoms with Crippen molar-refractivity contribution >= 4 is 0 Å². The highest BCUT2D eigenvalue weighted by molar-refractivity contribution is 4.68. The third kappa shape index (κ3) is 8.48. The molecule has 0 atom stereocenters. The average Bonchev–Trinajstić information content (AvgIpc) is 2.15. The second-order valence-electron chi connectivity index (χ2n) is 3.58.